The van der Waals surface area contributed by atoms with Gasteiger partial charge in [-0.3, -0.25) is 4.90 Å². The molecule has 15 heavy (non-hydrogen) atoms. The van der Waals surface area contributed by atoms with Gasteiger partial charge in [0.05, 0.1) is 0 Å². The van der Waals surface area contributed by atoms with E-state index in [0.717, 1.165) is 29.7 Å². The van der Waals surface area contributed by atoms with Crippen molar-refractivity contribution < 1.29 is 0 Å². The highest BCUT2D eigenvalue weighted by Crippen LogP contribution is 2.34. The number of hydrogen-bond acceptors (Lipinski definition) is 4. The molecule has 0 bridgehead atoms. The van der Waals surface area contributed by atoms with Gasteiger partial charge in [-0.2, -0.15) is 0 Å². The Morgan fingerprint density at radius 3 is 2.93 bits per heavy atom. The van der Waals surface area contributed by atoms with Gasteiger partial charge in [-0.25, -0.2) is 0 Å². The van der Waals surface area contributed by atoms with Crippen LogP contribution in [0.4, 0.5) is 0 Å². The van der Waals surface area contributed by atoms with Crippen LogP contribution in [0.3, 0.4) is 0 Å². The average molecular weight is 246 g/mol. The molecule has 1 fully saturated rings. The van der Waals surface area contributed by atoms with Crippen LogP contribution in [0.5, 0.6) is 0 Å². The van der Waals surface area contributed by atoms with Crippen molar-refractivity contribution in [1.29, 1.82) is 0 Å². The van der Waals surface area contributed by atoms with Crippen LogP contribution in [0, 0.1) is 5.41 Å². The number of rotatable bonds is 3. The lowest BCUT2D eigenvalue weighted by molar-refractivity contribution is 0.261. The summed E-state index contributed by atoms with van der Waals surface area (Å²) in [5.41, 5.74) is 1.41. The predicted octanol–water partition coefficient (Wildman–Crippen LogP) is 2.81. The van der Waals surface area contributed by atoms with Gasteiger partial charge >= 0.3 is 0 Å². The highest BCUT2D eigenvalue weighted by molar-refractivity contribution is 7.10. The number of aromatic nitrogens is 2. The lowest BCUT2D eigenvalue weighted by Crippen LogP contribution is -2.24. The number of halogens is 1. The summed E-state index contributed by atoms with van der Waals surface area (Å²) in [6, 6.07) is 0. The highest BCUT2D eigenvalue weighted by Gasteiger charge is 2.32. The first-order valence-corrected chi connectivity index (χ1v) is 6.47. The highest BCUT2D eigenvalue weighted by atomic mass is 35.5. The summed E-state index contributed by atoms with van der Waals surface area (Å²) in [7, 11) is 0. The van der Waals surface area contributed by atoms with Crippen molar-refractivity contribution >= 4 is 23.1 Å². The maximum absolute atomic E-state index is 5.99. The van der Waals surface area contributed by atoms with E-state index in [1.807, 2.05) is 0 Å². The van der Waals surface area contributed by atoms with E-state index in [0.29, 0.717) is 5.41 Å². The first-order valence-electron chi connectivity index (χ1n) is 5.32. The van der Waals surface area contributed by atoms with Gasteiger partial charge < -0.3 is 0 Å². The molecule has 1 aliphatic rings. The normalized spacial score (nSPS) is 27.4. The Hall–Kier alpha value is -0.190. The largest absolute Gasteiger partial charge is 0.297 e. The molecule has 0 aliphatic carbocycles. The molecular formula is C10H16ClN3S. The summed E-state index contributed by atoms with van der Waals surface area (Å²) in [4.78, 5) is 2.42. The molecule has 84 valence electrons. The van der Waals surface area contributed by atoms with E-state index in [1.54, 1.807) is 0 Å². The van der Waals surface area contributed by atoms with Crippen molar-refractivity contribution in [1.82, 2.24) is 14.5 Å². The Morgan fingerprint density at radius 2 is 2.40 bits per heavy atom. The first-order chi connectivity index (χ1) is 7.13. The van der Waals surface area contributed by atoms with Gasteiger partial charge in [0.1, 0.15) is 10.0 Å². The van der Waals surface area contributed by atoms with Crippen molar-refractivity contribution in [2.45, 2.75) is 33.2 Å². The maximum atomic E-state index is 5.99. The molecule has 5 heteroatoms. The molecule has 3 nitrogen and oxygen atoms in total. The Kier molecular flexibility index (Phi) is 3.28. The van der Waals surface area contributed by atoms with E-state index >= 15 is 0 Å². The number of likely N-dealkylation sites (tertiary alicyclic amines) is 1. The van der Waals surface area contributed by atoms with Crippen molar-refractivity contribution in [3.05, 3.63) is 10.0 Å². The van der Waals surface area contributed by atoms with Gasteiger partial charge in [0.25, 0.3) is 0 Å². The minimum absolute atomic E-state index is 0.482. The molecule has 2 rings (SSSR count). The van der Waals surface area contributed by atoms with Crippen molar-refractivity contribution in [2.24, 2.45) is 5.41 Å². The van der Waals surface area contributed by atoms with E-state index in [1.165, 1.54) is 24.4 Å². The molecular weight excluding hydrogens is 230 g/mol. The second-order valence-corrected chi connectivity index (χ2v) is 5.97. The third-order valence-electron chi connectivity index (χ3n) is 3.37. The fourth-order valence-corrected chi connectivity index (χ4v) is 2.66. The fourth-order valence-electron chi connectivity index (χ4n) is 2.05. The molecule has 1 unspecified atom stereocenters. The zero-order valence-corrected chi connectivity index (χ0v) is 10.7. The lowest BCUT2D eigenvalue weighted by atomic mass is 9.87. The van der Waals surface area contributed by atoms with Gasteiger partial charge in [0.15, 0.2) is 0 Å². The molecule has 1 atom stereocenters. The van der Waals surface area contributed by atoms with Crippen LogP contribution >= 0.6 is 23.1 Å². The SMILES string of the molecule is CCC1(C)CCN(Cc2nnsc2Cl)C1. The fraction of sp³-hybridized carbons (Fsp3) is 0.800. The molecule has 0 N–H and O–H groups in total. The molecule has 2 heterocycles. The van der Waals surface area contributed by atoms with E-state index in [-0.39, 0.29) is 0 Å². The summed E-state index contributed by atoms with van der Waals surface area (Å²) in [5, 5.41) is 4.05. The minimum Gasteiger partial charge on any atom is -0.297 e. The van der Waals surface area contributed by atoms with Crippen molar-refractivity contribution in [3.63, 3.8) is 0 Å². The molecule has 1 saturated heterocycles. The molecule has 0 amide bonds. The molecule has 1 aromatic heterocycles. The van der Waals surface area contributed by atoms with Crippen LogP contribution in [-0.4, -0.2) is 27.6 Å². The molecule has 0 spiro atoms. The van der Waals surface area contributed by atoms with E-state index < -0.39 is 0 Å². The Bertz CT molecular complexity index is 341. The Balaban J connectivity index is 1.96. The van der Waals surface area contributed by atoms with Crippen LogP contribution in [0.15, 0.2) is 0 Å². The monoisotopic (exact) mass is 245 g/mol. The zero-order chi connectivity index (χ0) is 10.9. The van der Waals surface area contributed by atoms with Gasteiger partial charge in [-0.05, 0) is 24.8 Å². The van der Waals surface area contributed by atoms with E-state index in [2.05, 4.69) is 28.3 Å². The van der Waals surface area contributed by atoms with Crippen LogP contribution in [0.2, 0.25) is 4.34 Å². The third-order valence-corrected chi connectivity index (χ3v) is 4.36. The van der Waals surface area contributed by atoms with E-state index in [4.69, 9.17) is 11.6 Å². The molecule has 0 radical (unpaired) electrons. The Labute approximate surface area is 99.6 Å². The summed E-state index contributed by atoms with van der Waals surface area (Å²) in [6.45, 7) is 7.77. The van der Waals surface area contributed by atoms with Gasteiger partial charge in [-0.1, -0.05) is 29.9 Å². The van der Waals surface area contributed by atoms with Crippen LogP contribution in [0.25, 0.3) is 0 Å². The van der Waals surface area contributed by atoms with Crippen LogP contribution < -0.4 is 0 Å². The molecule has 0 aromatic carbocycles. The molecule has 1 aromatic rings. The van der Waals surface area contributed by atoms with Crippen molar-refractivity contribution in [3.8, 4) is 0 Å². The smallest absolute Gasteiger partial charge is 0.138 e. The van der Waals surface area contributed by atoms with Crippen molar-refractivity contribution in [2.75, 3.05) is 13.1 Å². The standard InChI is InChI=1S/C10H16ClN3S/c1-3-10(2)4-5-14(7-10)6-8-9(11)15-13-12-8/h3-7H2,1-2H3. The van der Waals surface area contributed by atoms with Crippen LogP contribution in [-0.2, 0) is 6.54 Å². The topological polar surface area (TPSA) is 29.0 Å². The summed E-state index contributed by atoms with van der Waals surface area (Å²) in [6.07, 6.45) is 2.52. The summed E-state index contributed by atoms with van der Waals surface area (Å²) in [5.74, 6) is 0. The number of hydrogen-bond donors (Lipinski definition) is 0. The molecule has 0 saturated carbocycles. The summed E-state index contributed by atoms with van der Waals surface area (Å²) >= 11 is 7.26. The predicted molar refractivity (Wildman–Crippen MR) is 63.2 cm³/mol. The second kappa shape index (κ2) is 4.36. The van der Waals surface area contributed by atoms with Crippen LogP contribution in [0.1, 0.15) is 32.4 Å². The Morgan fingerprint density at radius 1 is 1.60 bits per heavy atom. The second-order valence-electron chi connectivity index (χ2n) is 4.62. The maximum Gasteiger partial charge on any atom is 0.138 e. The molecule has 1 aliphatic heterocycles. The average Bonchev–Trinajstić information content (AvgIpc) is 2.77. The third kappa shape index (κ3) is 2.49. The summed E-state index contributed by atoms with van der Waals surface area (Å²) < 4.78 is 4.59. The van der Waals surface area contributed by atoms with E-state index in [9.17, 15) is 0 Å². The zero-order valence-electron chi connectivity index (χ0n) is 9.16. The van der Waals surface area contributed by atoms with Gasteiger partial charge in [-0.15, -0.1) is 5.10 Å². The van der Waals surface area contributed by atoms with Gasteiger partial charge in [0, 0.05) is 24.6 Å². The van der Waals surface area contributed by atoms with Gasteiger partial charge in [0.2, 0.25) is 0 Å². The number of nitrogens with zero attached hydrogens (tertiary/aromatic N) is 3. The quantitative estimate of drug-likeness (QED) is 0.820. The first kappa shape index (κ1) is 11.3. The lowest BCUT2D eigenvalue weighted by Gasteiger charge is -2.22. The minimum atomic E-state index is 0.482.